The first-order valence-electron chi connectivity index (χ1n) is 7.57. The highest BCUT2D eigenvalue weighted by atomic mass is 35.5. The first-order valence-corrected chi connectivity index (χ1v) is 8.32. The predicted molar refractivity (Wildman–Crippen MR) is 96.3 cm³/mol. The van der Waals surface area contributed by atoms with Crippen LogP contribution in [-0.4, -0.2) is 18.4 Å². The molecule has 3 rings (SSSR count). The average Bonchev–Trinajstić information content (AvgIpc) is 2.94. The second-order valence-electron chi connectivity index (χ2n) is 5.84. The molecule has 1 atom stereocenters. The summed E-state index contributed by atoms with van der Waals surface area (Å²) in [5.74, 6) is -3.19. The van der Waals surface area contributed by atoms with Crippen LogP contribution in [0.1, 0.15) is 6.42 Å². The van der Waals surface area contributed by atoms with E-state index in [1.54, 1.807) is 0 Å². The number of carbonyl (C=O) groups excluding carboxylic acids is 2. The molecule has 26 heavy (non-hydrogen) atoms. The third-order valence-corrected chi connectivity index (χ3v) is 4.67. The molecule has 1 aliphatic heterocycles. The molecule has 0 radical (unpaired) electrons. The predicted octanol–water partition coefficient (Wildman–Crippen LogP) is 3.85. The van der Waals surface area contributed by atoms with Gasteiger partial charge in [-0.2, -0.15) is 0 Å². The van der Waals surface area contributed by atoms with E-state index in [1.807, 2.05) is 0 Å². The van der Waals surface area contributed by atoms with Gasteiger partial charge in [-0.25, -0.2) is 8.78 Å². The summed E-state index contributed by atoms with van der Waals surface area (Å²) < 4.78 is 26.9. The first kappa shape index (κ1) is 18.4. The summed E-state index contributed by atoms with van der Waals surface area (Å²) in [5.41, 5.74) is 6.10. The van der Waals surface area contributed by atoms with Crippen molar-refractivity contribution in [3.05, 3.63) is 52.0 Å². The molecule has 2 aromatic carbocycles. The van der Waals surface area contributed by atoms with Crippen LogP contribution in [-0.2, 0) is 9.59 Å². The van der Waals surface area contributed by atoms with Gasteiger partial charge in [-0.05, 0) is 24.3 Å². The van der Waals surface area contributed by atoms with Crippen LogP contribution >= 0.6 is 23.2 Å². The van der Waals surface area contributed by atoms with Crippen LogP contribution in [0.2, 0.25) is 10.0 Å². The summed E-state index contributed by atoms with van der Waals surface area (Å²) >= 11 is 11.8. The zero-order valence-corrected chi connectivity index (χ0v) is 14.7. The lowest BCUT2D eigenvalue weighted by molar-refractivity contribution is -0.122. The summed E-state index contributed by atoms with van der Waals surface area (Å²) in [7, 11) is 0. The normalized spacial score (nSPS) is 16.8. The largest absolute Gasteiger partial charge is 0.396 e. The van der Waals surface area contributed by atoms with Crippen molar-refractivity contribution in [1.82, 2.24) is 0 Å². The summed E-state index contributed by atoms with van der Waals surface area (Å²) in [6.07, 6.45) is -0.0981. The van der Waals surface area contributed by atoms with Crippen LogP contribution < -0.4 is 16.0 Å². The van der Waals surface area contributed by atoms with Crippen molar-refractivity contribution in [2.24, 2.45) is 5.92 Å². The van der Waals surface area contributed by atoms with Gasteiger partial charge in [0.1, 0.15) is 11.6 Å². The highest BCUT2D eigenvalue weighted by Crippen LogP contribution is 2.32. The Balaban J connectivity index is 1.75. The van der Waals surface area contributed by atoms with Crippen LogP contribution in [0.5, 0.6) is 0 Å². The Hall–Kier alpha value is -2.38. The molecule has 2 amide bonds. The molecule has 1 heterocycles. The van der Waals surface area contributed by atoms with Crippen LogP contribution in [0.25, 0.3) is 0 Å². The van der Waals surface area contributed by atoms with Gasteiger partial charge in [0, 0.05) is 24.7 Å². The molecular formula is C17H13Cl2F2N3O2. The number of nitrogens with two attached hydrogens (primary N) is 1. The van der Waals surface area contributed by atoms with Crippen molar-refractivity contribution in [3.8, 4) is 0 Å². The quantitative estimate of drug-likeness (QED) is 0.769. The van der Waals surface area contributed by atoms with E-state index >= 15 is 0 Å². The zero-order valence-electron chi connectivity index (χ0n) is 13.2. The molecule has 0 bridgehead atoms. The van der Waals surface area contributed by atoms with Gasteiger partial charge < -0.3 is 16.0 Å². The summed E-state index contributed by atoms with van der Waals surface area (Å²) in [6, 6.07) is 5.79. The number of benzene rings is 2. The Kier molecular flexibility index (Phi) is 5.02. The number of nitrogens with one attached hydrogen (secondary N) is 1. The molecule has 5 nitrogen and oxygen atoms in total. The van der Waals surface area contributed by atoms with Crippen LogP contribution in [0.15, 0.2) is 30.3 Å². The molecule has 1 saturated heterocycles. The van der Waals surface area contributed by atoms with Crippen LogP contribution in [0.4, 0.5) is 25.8 Å². The number of nitrogen functional groups attached to an aromatic ring is 1. The fourth-order valence-corrected chi connectivity index (χ4v) is 3.20. The number of amides is 2. The number of halogens is 4. The molecule has 136 valence electrons. The van der Waals surface area contributed by atoms with Crippen molar-refractivity contribution < 1.29 is 18.4 Å². The Bertz CT molecular complexity index is 885. The first-order chi connectivity index (χ1) is 12.3. The Morgan fingerprint density at radius 1 is 1.19 bits per heavy atom. The van der Waals surface area contributed by atoms with Gasteiger partial charge in [0.15, 0.2) is 0 Å². The SMILES string of the molecule is Nc1c(Cl)cc(NC(=O)[C@@H]2CC(=O)N(c3ccc(F)cc3F)C2)cc1Cl. The van der Waals surface area contributed by atoms with E-state index in [-0.39, 0.29) is 34.4 Å². The maximum Gasteiger partial charge on any atom is 0.229 e. The molecule has 1 aliphatic rings. The minimum Gasteiger partial charge on any atom is -0.396 e. The lowest BCUT2D eigenvalue weighted by Gasteiger charge is -2.17. The zero-order chi connectivity index (χ0) is 19.0. The molecule has 0 unspecified atom stereocenters. The van der Waals surface area contributed by atoms with Crippen LogP contribution in [0, 0.1) is 17.6 Å². The fraction of sp³-hybridized carbons (Fsp3) is 0.176. The Morgan fingerprint density at radius 2 is 1.85 bits per heavy atom. The molecule has 2 aromatic rings. The highest BCUT2D eigenvalue weighted by Gasteiger charge is 2.36. The van der Waals surface area contributed by atoms with Crippen molar-refractivity contribution in [2.75, 3.05) is 22.5 Å². The molecule has 0 saturated carbocycles. The van der Waals surface area contributed by atoms with E-state index in [0.29, 0.717) is 11.8 Å². The van der Waals surface area contributed by atoms with E-state index in [1.165, 1.54) is 18.2 Å². The number of hydrogen-bond acceptors (Lipinski definition) is 3. The molecule has 0 spiro atoms. The number of hydrogen-bond donors (Lipinski definition) is 2. The minimum absolute atomic E-state index is 0.0242. The van der Waals surface area contributed by atoms with Gasteiger partial charge in [-0.3, -0.25) is 9.59 Å². The standard InChI is InChI=1S/C17H13Cl2F2N3O2/c18-11-5-10(6-12(19)16(11)22)23-17(26)8-3-15(25)24(7-8)14-2-1-9(20)4-13(14)21/h1-2,4-6,8H,3,7,22H2,(H,23,26)/t8-/m1/s1. The monoisotopic (exact) mass is 399 g/mol. The Morgan fingerprint density at radius 3 is 2.46 bits per heavy atom. The van der Waals surface area contributed by atoms with Gasteiger partial charge in [0.2, 0.25) is 11.8 Å². The highest BCUT2D eigenvalue weighted by molar-refractivity contribution is 6.39. The second-order valence-corrected chi connectivity index (χ2v) is 6.66. The molecule has 3 N–H and O–H groups in total. The average molecular weight is 400 g/mol. The van der Waals surface area contributed by atoms with E-state index in [0.717, 1.165) is 11.0 Å². The van der Waals surface area contributed by atoms with E-state index in [9.17, 15) is 18.4 Å². The summed E-state index contributed by atoms with van der Waals surface area (Å²) in [5, 5.41) is 2.98. The molecule has 0 aliphatic carbocycles. The smallest absolute Gasteiger partial charge is 0.229 e. The van der Waals surface area contributed by atoms with E-state index < -0.39 is 29.4 Å². The van der Waals surface area contributed by atoms with Crippen LogP contribution in [0.3, 0.4) is 0 Å². The van der Waals surface area contributed by atoms with Crippen molar-refractivity contribution in [3.63, 3.8) is 0 Å². The molecule has 9 heteroatoms. The summed E-state index contributed by atoms with van der Waals surface area (Å²) in [6.45, 7) is -0.0242. The van der Waals surface area contributed by atoms with Gasteiger partial charge in [-0.1, -0.05) is 23.2 Å². The second kappa shape index (κ2) is 7.09. The molecule has 0 aromatic heterocycles. The number of carbonyl (C=O) groups is 2. The van der Waals surface area contributed by atoms with Crippen molar-refractivity contribution >= 4 is 52.1 Å². The number of nitrogens with zero attached hydrogens (tertiary/aromatic N) is 1. The van der Waals surface area contributed by atoms with Gasteiger partial charge >= 0.3 is 0 Å². The van der Waals surface area contributed by atoms with Crippen molar-refractivity contribution in [2.45, 2.75) is 6.42 Å². The Labute approximate surface area is 157 Å². The number of anilines is 3. The fourth-order valence-electron chi connectivity index (χ4n) is 2.72. The van der Waals surface area contributed by atoms with Gasteiger partial charge in [-0.15, -0.1) is 0 Å². The van der Waals surface area contributed by atoms with Gasteiger partial charge in [0.25, 0.3) is 0 Å². The third kappa shape index (κ3) is 3.59. The molecular weight excluding hydrogens is 387 g/mol. The maximum atomic E-state index is 13.9. The molecule has 1 fully saturated rings. The maximum absolute atomic E-state index is 13.9. The third-order valence-electron chi connectivity index (χ3n) is 4.04. The lowest BCUT2D eigenvalue weighted by Crippen LogP contribution is -2.28. The van der Waals surface area contributed by atoms with Crippen molar-refractivity contribution in [1.29, 1.82) is 0 Å². The van der Waals surface area contributed by atoms with Gasteiger partial charge in [0.05, 0.1) is 27.3 Å². The topological polar surface area (TPSA) is 75.4 Å². The summed E-state index contributed by atoms with van der Waals surface area (Å²) in [4.78, 5) is 25.7. The van der Waals surface area contributed by atoms with E-state index in [4.69, 9.17) is 28.9 Å². The van der Waals surface area contributed by atoms with E-state index in [2.05, 4.69) is 5.32 Å². The minimum atomic E-state index is -0.864. The lowest BCUT2D eigenvalue weighted by atomic mass is 10.1. The number of rotatable bonds is 3.